The number of nitrogens with zero attached hydrogens (tertiary/aromatic N) is 1. The number of nitrogens with one attached hydrogen (secondary N) is 1. The van der Waals surface area contributed by atoms with Crippen LogP contribution in [0.1, 0.15) is 36.9 Å². The molecule has 0 unspecified atom stereocenters. The van der Waals surface area contributed by atoms with Crippen LogP contribution in [0.3, 0.4) is 0 Å². The Balaban J connectivity index is 1.82. The first kappa shape index (κ1) is 9.66. The molecule has 1 saturated carbocycles. The molecule has 0 atom stereocenters. The normalized spacial score (nSPS) is 17.5. The number of aromatic nitrogens is 1. The summed E-state index contributed by atoms with van der Waals surface area (Å²) in [5.74, 6) is 0. The average molecular weight is 190 g/mol. The van der Waals surface area contributed by atoms with E-state index in [1.165, 1.54) is 31.2 Å². The number of hydrogen-bond donors (Lipinski definition) is 1. The van der Waals surface area contributed by atoms with Crippen LogP contribution >= 0.6 is 0 Å². The molecule has 2 heteroatoms. The second-order valence-electron chi connectivity index (χ2n) is 4.19. The molecule has 0 radical (unpaired) electrons. The predicted octanol–water partition coefficient (Wildman–Crippen LogP) is 2.42. The van der Waals surface area contributed by atoms with Crippen molar-refractivity contribution < 1.29 is 0 Å². The lowest BCUT2D eigenvalue weighted by Gasteiger charge is -2.10. The van der Waals surface area contributed by atoms with Gasteiger partial charge >= 0.3 is 0 Å². The highest BCUT2D eigenvalue weighted by atomic mass is 14.9. The molecule has 2 nitrogen and oxygen atoms in total. The second-order valence-corrected chi connectivity index (χ2v) is 4.19. The van der Waals surface area contributed by atoms with Crippen LogP contribution < -0.4 is 5.32 Å². The highest BCUT2D eigenvalue weighted by Crippen LogP contribution is 2.17. The van der Waals surface area contributed by atoms with E-state index in [0.29, 0.717) is 0 Å². The first-order valence-corrected chi connectivity index (χ1v) is 5.49. The van der Waals surface area contributed by atoms with Gasteiger partial charge in [0.1, 0.15) is 0 Å². The van der Waals surface area contributed by atoms with Crippen molar-refractivity contribution >= 4 is 0 Å². The van der Waals surface area contributed by atoms with Crippen LogP contribution in [0.2, 0.25) is 0 Å². The van der Waals surface area contributed by atoms with Gasteiger partial charge in [0.25, 0.3) is 0 Å². The standard InChI is InChI=1S/C12H18N2/c1-10-6-7-12(13-8-10)9-14-11-4-2-3-5-11/h6-8,11,14H,2-5,9H2,1H3. The lowest BCUT2D eigenvalue weighted by Crippen LogP contribution is -2.25. The van der Waals surface area contributed by atoms with E-state index in [9.17, 15) is 0 Å². The highest BCUT2D eigenvalue weighted by Gasteiger charge is 2.13. The molecule has 0 aliphatic heterocycles. The van der Waals surface area contributed by atoms with Gasteiger partial charge in [-0.3, -0.25) is 4.98 Å². The average Bonchev–Trinajstić information content (AvgIpc) is 2.70. The van der Waals surface area contributed by atoms with Crippen molar-refractivity contribution in [2.24, 2.45) is 0 Å². The first-order chi connectivity index (χ1) is 6.84. The summed E-state index contributed by atoms with van der Waals surface area (Å²) in [4.78, 5) is 4.38. The van der Waals surface area contributed by atoms with Crippen LogP contribution in [-0.2, 0) is 6.54 Å². The third kappa shape index (κ3) is 2.55. The van der Waals surface area contributed by atoms with Gasteiger partial charge in [0, 0.05) is 18.8 Å². The van der Waals surface area contributed by atoms with Gasteiger partial charge < -0.3 is 5.32 Å². The van der Waals surface area contributed by atoms with Crippen LogP contribution in [0.5, 0.6) is 0 Å². The number of pyridine rings is 1. The van der Waals surface area contributed by atoms with E-state index in [1.807, 2.05) is 6.20 Å². The van der Waals surface area contributed by atoms with Crippen LogP contribution in [0.15, 0.2) is 18.3 Å². The van der Waals surface area contributed by atoms with Crippen LogP contribution in [0.4, 0.5) is 0 Å². The number of aryl methyl sites for hydroxylation is 1. The monoisotopic (exact) mass is 190 g/mol. The molecule has 14 heavy (non-hydrogen) atoms. The Morgan fingerprint density at radius 1 is 1.36 bits per heavy atom. The Morgan fingerprint density at radius 2 is 2.14 bits per heavy atom. The molecule has 1 aliphatic rings. The molecule has 0 amide bonds. The summed E-state index contributed by atoms with van der Waals surface area (Å²) in [7, 11) is 0. The summed E-state index contributed by atoms with van der Waals surface area (Å²) in [5, 5.41) is 3.55. The van der Waals surface area contributed by atoms with Gasteiger partial charge in [0.15, 0.2) is 0 Å². The third-order valence-corrected chi connectivity index (χ3v) is 2.90. The molecule has 1 fully saturated rings. The minimum absolute atomic E-state index is 0.734. The summed E-state index contributed by atoms with van der Waals surface area (Å²) in [6, 6.07) is 4.97. The zero-order valence-electron chi connectivity index (χ0n) is 8.79. The van der Waals surface area contributed by atoms with Gasteiger partial charge in [0.2, 0.25) is 0 Å². The van der Waals surface area contributed by atoms with E-state index in [-0.39, 0.29) is 0 Å². The molecule has 0 spiro atoms. The quantitative estimate of drug-likeness (QED) is 0.791. The minimum Gasteiger partial charge on any atom is -0.308 e. The molecule has 0 saturated heterocycles. The molecule has 0 aromatic carbocycles. The van der Waals surface area contributed by atoms with Crippen molar-refractivity contribution in [3.63, 3.8) is 0 Å². The van der Waals surface area contributed by atoms with E-state index in [0.717, 1.165) is 18.3 Å². The zero-order valence-corrected chi connectivity index (χ0v) is 8.79. The maximum atomic E-state index is 4.38. The molecule has 1 N–H and O–H groups in total. The lowest BCUT2D eigenvalue weighted by atomic mass is 10.2. The fourth-order valence-corrected chi connectivity index (χ4v) is 1.98. The van der Waals surface area contributed by atoms with Gasteiger partial charge in [0.05, 0.1) is 5.69 Å². The number of hydrogen-bond acceptors (Lipinski definition) is 2. The molecule has 2 rings (SSSR count). The Morgan fingerprint density at radius 3 is 2.79 bits per heavy atom. The highest BCUT2D eigenvalue weighted by molar-refractivity contribution is 5.12. The predicted molar refractivity (Wildman–Crippen MR) is 58.1 cm³/mol. The van der Waals surface area contributed by atoms with Crippen LogP contribution in [0, 0.1) is 6.92 Å². The Bertz CT molecular complexity index is 273. The third-order valence-electron chi connectivity index (χ3n) is 2.90. The van der Waals surface area contributed by atoms with Crippen molar-refractivity contribution in [1.82, 2.24) is 10.3 Å². The van der Waals surface area contributed by atoms with Crippen molar-refractivity contribution in [3.05, 3.63) is 29.6 Å². The summed E-state index contributed by atoms with van der Waals surface area (Å²) >= 11 is 0. The van der Waals surface area contributed by atoms with Crippen molar-refractivity contribution in [2.75, 3.05) is 0 Å². The molecule has 0 bridgehead atoms. The summed E-state index contributed by atoms with van der Waals surface area (Å²) in [5.41, 5.74) is 2.39. The van der Waals surface area contributed by atoms with Crippen molar-refractivity contribution in [2.45, 2.75) is 45.2 Å². The molecule has 1 aliphatic carbocycles. The zero-order chi connectivity index (χ0) is 9.80. The van der Waals surface area contributed by atoms with Crippen LogP contribution in [-0.4, -0.2) is 11.0 Å². The molecular weight excluding hydrogens is 172 g/mol. The van der Waals surface area contributed by atoms with E-state index in [2.05, 4.69) is 29.4 Å². The lowest BCUT2D eigenvalue weighted by molar-refractivity contribution is 0.519. The molecule has 76 valence electrons. The Labute approximate surface area is 85.7 Å². The smallest absolute Gasteiger partial charge is 0.0541 e. The van der Waals surface area contributed by atoms with Gasteiger partial charge in [-0.05, 0) is 31.4 Å². The van der Waals surface area contributed by atoms with Gasteiger partial charge in [-0.2, -0.15) is 0 Å². The maximum Gasteiger partial charge on any atom is 0.0541 e. The fraction of sp³-hybridized carbons (Fsp3) is 0.583. The number of rotatable bonds is 3. The van der Waals surface area contributed by atoms with E-state index in [4.69, 9.17) is 0 Å². The molecular formula is C12H18N2. The first-order valence-electron chi connectivity index (χ1n) is 5.49. The molecule has 1 aromatic heterocycles. The van der Waals surface area contributed by atoms with Gasteiger partial charge in [-0.1, -0.05) is 18.9 Å². The van der Waals surface area contributed by atoms with Crippen molar-refractivity contribution in [1.29, 1.82) is 0 Å². The second kappa shape index (κ2) is 4.56. The van der Waals surface area contributed by atoms with Crippen LogP contribution in [0.25, 0.3) is 0 Å². The maximum absolute atomic E-state index is 4.38. The topological polar surface area (TPSA) is 24.9 Å². The largest absolute Gasteiger partial charge is 0.308 e. The summed E-state index contributed by atoms with van der Waals surface area (Å²) in [6.07, 6.45) is 7.39. The van der Waals surface area contributed by atoms with E-state index >= 15 is 0 Å². The van der Waals surface area contributed by atoms with E-state index < -0.39 is 0 Å². The minimum atomic E-state index is 0.734. The van der Waals surface area contributed by atoms with Gasteiger partial charge in [-0.15, -0.1) is 0 Å². The SMILES string of the molecule is Cc1ccc(CNC2CCCC2)nc1. The van der Waals surface area contributed by atoms with Gasteiger partial charge in [-0.25, -0.2) is 0 Å². The Hall–Kier alpha value is -0.890. The summed E-state index contributed by atoms with van der Waals surface area (Å²) < 4.78 is 0. The Kier molecular flexibility index (Phi) is 3.14. The summed E-state index contributed by atoms with van der Waals surface area (Å²) in [6.45, 7) is 2.99. The fourth-order valence-electron chi connectivity index (χ4n) is 1.98. The molecule has 1 heterocycles. The van der Waals surface area contributed by atoms with E-state index in [1.54, 1.807) is 0 Å². The van der Waals surface area contributed by atoms with Crippen molar-refractivity contribution in [3.8, 4) is 0 Å². The molecule has 1 aromatic rings.